The van der Waals surface area contributed by atoms with E-state index in [-0.39, 0.29) is 18.7 Å². The van der Waals surface area contributed by atoms with E-state index in [2.05, 4.69) is 25.9 Å². The SMILES string of the molecule is CC(CCc1ccco1)NC(=O)CCc1nnc2ccc(NCc3ccc4c(c3)OCO4)nn12. The molecule has 0 saturated carbocycles. The number of aryl methyl sites for hydroxylation is 2. The van der Waals surface area contributed by atoms with Gasteiger partial charge in [0.15, 0.2) is 23.0 Å². The number of nitrogens with zero attached hydrogens (tertiary/aromatic N) is 4. The maximum atomic E-state index is 12.4. The Morgan fingerprint density at radius 1 is 1.12 bits per heavy atom. The minimum Gasteiger partial charge on any atom is -0.469 e. The fraction of sp³-hybridized carbons (Fsp3) is 0.333. The first kappa shape index (κ1) is 21.7. The molecule has 0 radical (unpaired) electrons. The van der Waals surface area contributed by atoms with Gasteiger partial charge in [0.05, 0.1) is 6.26 Å². The van der Waals surface area contributed by atoms with Crippen LogP contribution in [0.5, 0.6) is 11.5 Å². The van der Waals surface area contributed by atoms with Gasteiger partial charge in [-0.3, -0.25) is 4.79 Å². The third-order valence-electron chi connectivity index (χ3n) is 5.62. The number of aromatic nitrogens is 4. The van der Waals surface area contributed by atoms with Crippen LogP contribution in [-0.4, -0.2) is 38.6 Å². The van der Waals surface area contributed by atoms with Crippen molar-refractivity contribution in [3.05, 3.63) is 65.9 Å². The average molecular weight is 463 g/mol. The average Bonchev–Trinajstić information content (AvgIpc) is 3.60. The lowest BCUT2D eigenvalue weighted by Gasteiger charge is -2.13. The van der Waals surface area contributed by atoms with E-state index in [9.17, 15) is 4.79 Å². The van der Waals surface area contributed by atoms with E-state index in [1.54, 1.807) is 10.8 Å². The standard InChI is InChI=1S/C24H26N6O4/c1-16(4-6-18-3-2-12-32-18)26-24(31)11-10-23-28-27-22-9-8-21(29-30(22)23)25-14-17-5-7-19-20(13-17)34-15-33-19/h2-3,5,7-9,12-13,16H,4,6,10-11,14-15H2,1H3,(H,25,29)(H,26,31). The number of rotatable bonds is 10. The van der Waals surface area contributed by atoms with E-state index in [0.29, 0.717) is 36.7 Å². The van der Waals surface area contributed by atoms with Gasteiger partial charge in [0.2, 0.25) is 12.7 Å². The highest BCUT2D eigenvalue weighted by Crippen LogP contribution is 2.32. The summed E-state index contributed by atoms with van der Waals surface area (Å²) >= 11 is 0. The van der Waals surface area contributed by atoms with Gasteiger partial charge in [0.1, 0.15) is 11.6 Å². The minimum atomic E-state index is -0.0271. The fourth-order valence-corrected chi connectivity index (χ4v) is 3.79. The summed E-state index contributed by atoms with van der Waals surface area (Å²) in [5, 5.41) is 19.3. The van der Waals surface area contributed by atoms with Crippen LogP contribution in [0.25, 0.3) is 5.65 Å². The summed E-state index contributed by atoms with van der Waals surface area (Å²) in [7, 11) is 0. The molecule has 1 amide bonds. The number of amides is 1. The maximum absolute atomic E-state index is 12.4. The smallest absolute Gasteiger partial charge is 0.231 e. The van der Waals surface area contributed by atoms with Gasteiger partial charge in [-0.1, -0.05) is 6.07 Å². The number of ether oxygens (including phenoxy) is 2. The third kappa shape index (κ3) is 5.11. The second-order valence-corrected chi connectivity index (χ2v) is 8.23. The molecule has 4 aromatic rings. The molecule has 176 valence electrons. The Morgan fingerprint density at radius 2 is 2.03 bits per heavy atom. The molecule has 10 heteroatoms. The molecule has 1 atom stereocenters. The van der Waals surface area contributed by atoms with E-state index in [4.69, 9.17) is 13.9 Å². The first-order chi connectivity index (χ1) is 16.6. The van der Waals surface area contributed by atoms with E-state index in [0.717, 1.165) is 35.7 Å². The lowest BCUT2D eigenvalue weighted by atomic mass is 10.1. The highest BCUT2D eigenvalue weighted by atomic mass is 16.7. The Hall–Kier alpha value is -4.08. The number of nitrogens with one attached hydrogen (secondary N) is 2. The number of hydrogen-bond acceptors (Lipinski definition) is 8. The first-order valence-corrected chi connectivity index (χ1v) is 11.3. The summed E-state index contributed by atoms with van der Waals surface area (Å²) in [5.41, 5.74) is 1.68. The summed E-state index contributed by atoms with van der Waals surface area (Å²) < 4.78 is 17.8. The van der Waals surface area contributed by atoms with Crippen LogP contribution in [0.4, 0.5) is 5.82 Å². The van der Waals surface area contributed by atoms with Crippen molar-refractivity contribution < 1.29 is 18.7 Å². The van der Waals surface area contributed by atoms with Gasteiger partial charge < -0.3 is 24.5 Å². The third-order valence-corrected chi connectivity index (χ3v) is 5.62. The van der Waals surface area contributed by atoms with Gasteiger partial charge in [-0.05, 0) is 55.3 Å². The van der Waals surface area contributed by atoms with Crippen LogP contribution in [0.3, 0.4) is 0 Å². The monoisotopic (exact) mass is 462 g/mol. The quantitative estimate of drug-likeness (QED) is 0.369. The van der Waals surface area contributed by atoms with E-state index < -0.39 is 0 Å². The Labute approximate surface area is 196 Å². The fourth-order valence-electron chi connectivity index (χ4n) is 3.79. The molecule has 1 aliphatic rings. The number of benzene rings is 1. The van der Waals surface area contributed by atoms with Crippen molar-refractivity contribution in [2.75, 3.05) is 12.1 Å². The molecule has 0 aliphatic carbocycles. The lowest BCUT2D eigenvalue weighted by molar-refractivity contribution is -0.121. The van der Waals surface area contributed by atoms with Crippen LogP contribution in [-0.2, 0) is 24.2 Å². The molecule has 0 spiro atoms. The zero-order valence-electron chi connectivity index (χ0n) is 18.9. The van der Waals surface area contributed by atoms with Gasteiger partial charge in [0.25, 0.3) is 0 Å². The number of fused-ring (bicyclic) bond motifs is 2. The summed E-state index contributed by atoms with van der Waals surface area (Å²) in [6.45, 7) is 2.82. The summed E-state index contributed by atoms with van der Waals surface area (Å²) in [5.74, 6) is 3.72. The number of anilines is 1. The van der Waals surface area contributed by atoms with Crippen LogP contribution < -0.4 is 20.1 Å². The second kappa shape index (κ2) is 9.82. The molecule has 1 aromatic carbocycles. The molecule has 4 heterocycles. The molecule has 0 saturated heterocycles. The van der Waals surface area contributed by atoms with Crippen molar-refractivity contribution in [3.8, 4) is 11.5 Å². The van der Waals surface area contributed by atoms with Crippen LogP contribution in [0.2, 0.25) is 0 Å². The van der Waals surface area contributed by atoms with Gasteiger partial charge in [0, 0.05) is 31.8 Å². The van der Waals surface area contributed by atoms with Gasteiger partial charge in [-0.15, -0.1) is 15.3 Å². The molecule has 1 aliphatic heterocycles. The van der Waals surface area contributed by atoms with Crippen molar-refractivity contribution in [1.29, 1.82) is 0 Å². The highest BCUT2D eigenvalue weighted by molar-refractivity contribution is 5.76. The van der Waals surface area contributed by atoms with Gasteiger partial charge in [-0.2, -0.15) is 4.52 Å². The van der Waals surface area contributed by atoms with Crippen LogP contribution in [0.15, 0.2) is 53.1 Å². The van der Waals surface area contributed by atoms with Crippen molar-refractivity contribution in [3.63, 3.8) is 0 Å². The Kier molecular flexibility index (Phi) is 6.28. The molecule has 34 heavy (non-hydrogen) atoms. The summed E-state index contributed by atoms with van der Waals surface area (Å²) in [6.07, 6.45) is 4.01. The molecular weight excluding hydrogens is 436 g/mol. The second-order valence-electron chi connectivity index (χ2n) is 8.23. The van der Waals surface area contributed by atoms with Crippen molar-refractivity contribution in [1.82, 2.24) is 25.1 Å². The van der Waals surface area contributed by atoms with Crippen LogP contribution in [0.1, 0.15) is 36.9 Å². The number of furan rings is 1. The number of carbonyl (C=O) groups excluding carboxylic acids is 1. The number of hydrogen-bond donors (Lipinski definition) is 2. The van der Waals surface area contributed by atoms with Crippen molar-refractivity contribution in [2.45, 2.75) is 45.2 Å². The minimum absolute atomic E-state index is 0.0271. The maximum Gasteiger partial charge on any atom is 0.231 e. The van der Waals surface area contributed by atoms with E-state index in [1.807, 2.05) is 49.4 Å². The van der Waals surface area contributed by atoms with Crippen molar-refractivity contribution >= 4 is 17.4 Å². The first-order valence-electron chi connectivity index (χ1n) is 11.3. The molecule has 0 bridgehead atoms. The molecule has 10 nitrogen and oxygen atoms in total. The van der Waals surface area contributed by atoms with Crippen LogP contribution >= 0.6 is 0 Å². The Bertz CT molecular complexity index is 1270. The zero-order valence-corrected chi connectivity index (χ0v) is 18.9. The topological polar surface area (TPSA) is 116 Å². The number of carbonyl (C=O) groups is 1. The normalized spacial score (nSPS) is 13.2. The van der Waals surface area contributed by atoms with Gasteiger partial charge in [-0.25, -0.2) is 0 Å². The Balaban J connectivity index is 1.15. The lowest BCUT2D eigenvalue weighted by Crippen LogP contribution is -2.33. The molecule has 5 rings (SSSR count). The molecular formula is C24H26N6O4. The van der Waals surface area contributed by atoms with Gasteiger partial charge >= 0.3 is 0 Å². The largest absolute Gasteiger partial charge is 0.469 e. The predicted molar refractivity (Wildman–Crippen MR) is 124 cm³/mol. The van der Waals surface area contributed by atoms with E-state index in [1.165, 1.54) is 0 Å². The Morgan fingerprint density at radius 3 is 2.91 bits per heavy atom. The molecule has 0 fully saturated rings. The molecule has 3 aromatic heterocycles. The predicted octanol–water partition coefficient (Wildman–Crippen LogP) is 3.13. The van der Waals surface area contributed by atoms with Crippen LogP contribution in [0, 0.1) is 0 Å². The molecule has 1 unspecified atom stereocenters. The van der Waals surface area contributed by atoms with E-state index >= 15 is 0 Å². The summed E-state index contributed by atoms with van der Waals surface area (Å²) in [6, 6.07) is 13.4. The summed E-state index contributed by atoms with van der Waals surface area (Å²) in [4.78, 5) is 12.4. The molecule has 2 N–H and O–H groups in total. The highest BCUT2D eigenvalue weighted by Gasteiger charge is 2.14. The van der Waals surface area contributed by atoms with Crippen molar-refractivity contribution in [2.24, 2.45) is 0 Å². The zero-order chi connectivity index (χ0) is 23.3.